The molecule has 1 fully saturated rings. The molecule has 4 heteroatoms. The maximum Gasteiger partial charge on any atom is 0.221 e. The molecule has 18 heavy (non-hydrogen) atoms. The molecule has 1 aliphatic heterocycles. The van der Waals surface area contributed by atoms with Gasteiger partial charge >= 0.3 is 0 Å². The number of carbonyl (C=O) groups excluding carboxylic acids is 1. The molecule has 0 saturated carbocycles. The minimum atomic E-state index is 0.117. The van der Waals surface area contributed by atoms with Crippen molar-refractivity contribution in [2.24, 2.45) is 17.6 Å². The van der Waals surface area contributed by atoms with Crippen molar-refractivity contribution in [3.8, 4) is 0 Å². The number of rotatable bonds is 5. The first-order valence-electron chi connectivity index (χ1n) is 7.17. The van der Waals surface area contributed by atoms with Gasteiger partial charge in [-0.2, -0.15) is 0 Å². The highest BCUT2D eigenvalue weighted by Crippen LogP contribution is 2.24. The molecule has 0 aromatic rings. The van der Waals surface area contributed by atoms with Gasteiger partial charge in [-0.25, -0.2) is 0 Å². The summed E-state index contributed by atoms with van der Waals surface area (Å²) in [7, 11) is 0. The Labute approximate surface area is 111 Å². The van der Waals surface area contributed by atoms with Crippen LogP contribution in [0.3, 0.4) is 0 Å². The number of nitrogens with two attached hydrogens (primary N) is 1. The van der Waals surface area contributed by atoms with E-state index in [1.807, 2.05) is 13.8 Å². The van der Waals surface area contributed by atoms with Crippen LogP contribution in [0, 0.1) is 11.8 Å². The Morgan fingerprint density at radius 1 is 1.39 bits per heavy atom. The molecule has 1 aliphatic rings. The zero-order valence-electron chi connectivity index (χ0n) is 12.3. The van der Waals surface area contributed by atoms with E-state index in [0.717, 1.165) is 19.0 Å². The summed E-state index contributed by atoms with van der Waals surface area (Å²) in [5.74, 6) is 1.59. The van der Waals surface area contributed by atoms with Crippen LogP contribution >= 0.6 is 0 Å². The number of likely N-dealkylation sites (tertiary alicyclic amines) is 1. The first-order valence-corrected chi connectivity index (χ1v) is 7.17. The number of nitrogens with zero attached hydrogens (tertiary/aromatic N) is 1. The lowest BCUT2D eigenvalue weighted by Crippen LogP contribution is -2.49. The van der Waals surface area contributed by atoms with Crippen molar-refractivity contribution >= 4 is 5.91 Å². The van der Waals surface area contributed by atoms with Crippen molar-refractivity contribution in [3.05, 3.63) is 0 Å². The van der Waals surface area contributed by atoms with E-state index in [0.29, 0.717) is 18.9 Å². The largest absolute Gasteiger partial charge is 0.354 e. The zero-order chi connectivity index (χ0) is 13.7. The van der Waals surface area contributed by atoms with Crippen molar-refractivity contribution in [2.45, 2.75) is 52.6 Å². The molecule has 0 spiro atoms. The van der Waals surface area contributed by atoms with Gasteiger partial charge in [0.2, 0.25) is 5.91 Å². The molecule has 0 radical (unpaired) electrons. The van der Waals surface area contributed by atoms with E-state index in [1.165, 1.54) is 6.42 Å². The topological polar surface area (TPSA) is 58.4 Å². The smallest absolute Gasteiger partial charge is 0.221 e. The second-order valence-corrected chi connectivity index (χ2v) is 6.05. The van der Waals surface area contributed by atoms with E-state index >= 15 is 0 Å². The fraction of sp³-hybridized carbons (Fsp3) is 0.929. The van der Waals surface area contributed by atoms with Crippen molar-refractivity contribution < 1.29 is 4.79 Å². The molecular formula is C14H29N3O. The van der Waals surface area contributed by atoms with E-state index < -0.39 is 0 Å². The number of carbonyl (C=O) groups is 1. The van der Waals surface area contributed by atoms with Crippen molar-refractivity contribution in [3.63, 3.8) is 0 Å². The van der Waals surface area contributed by atoms with Crippen LogP contribution in [0.1, 0.15) is 40.5 Å². The average Bonchev–Trinajstić information content (AvgIpc) is 2.29. The fourth-order valence-corrected chi connectivity index (χ4v) is 2.58. The summed E-state index contributed by atoms with van der Waals surface area (Å²) < 4.78 is 0. The van der Waals surface area contributed by atoms with Crippen LogP contribution in [0.4, 0.5) is 0 Å². The summed E-state index contributed by atoms with van der Waals surface area (Å²) in [6.45, 7) is 11.3. The van der Waals surface area contributed by atoms with Crippen LogP contribution in [-0.2, 0) is 4.79 Å². The summed E-state index contributed by atoms with van der Waals surface area (Å²) >= 11 is 0. The lowest BCUT2D eigenvalue weighted by Gasteiger charge is -2.39. The summed E-state index contributed by atoms with van der Waals surface area (Å²) in [4.78, 5) is 14.2. The number of hydrogen-bond donors (Lipinski definition) is 2. The molecular weight excluding hydrogens is 226 g/mol. The Hall–Kier alpha value is -0.610. The van der Waals surface area contributed by atoms with Crippen LogP contribution in [-0.4, -0.2) is 42.5 Å². The van der Waals surface area contributed by atoms with Gasteiger partial charge in [-0.1, -0.05) is 13.8 Å². The molecule has 1 rings (SSSR count). The van der Waals surface area contributed by atoms with Gasteiger partial charge in [0, 0.05) is 31.6 Å². The van der Waals surface area contributed by atoms with E-state index in [2.05, 4.69) is 24.1 Å². The van der Waals surface area contributed by atoms with E-state index in [9.17, 15) is 4.79 Å². The second-order valence-electron chi connectivity index (χ2n) is 6.05. The molecule has 3 unspecified atom stereocenters. The van der Waals surface area contributed by atoms with Crippen molar-refractivity contribution in [1.29, 1.82) is 0 Å². The van der Waals surface area contributed by atoms with Crippen LogP contribution < -0.4 is 11.1 Å². The number of nitrogens with one attached hydrogen (secondary N) is 1. The van der Waals surface area contributed by atoms with E-state index in [1.54, 1.807) is 0 Å². The molecule has 0 aromatic carbocycles. The van der Waals surface area contributed by atoms with E-state index in [-0.39, 0.29) is 18.0 Å². The monoisotopic (exact) mass is 255 g/mol. The van der Waals surface area contributed by atoms with Crippen LogP contribution in [0.2, 0.25) is 0 Å². The highest BCUT2D eigenvalue weighted by atomic mass is 16.1. The molecule has 106 valence electrons. The SMILES string of the molecule is CC(C)NC(=O)CC(CN)N1CCC(C)C(C)C1. The number of amides is 1. The quantitative estimate of drug-likeness (QED) is 0.776. The first-order chi connectivity index (χ1) is 8.43. The standard InChI is InChI=1S/C14H29N3O/c1-10(2)16-14(18)7-13(8-15)17-6-5-11(3)12(4)9-17/h10-13H,5-9,15H2,1-4H3,(H,16,18). The predicted molar refractivity (Wildman–Crippen MR) is 75.3 cm³/mol. The third-order valence-electron chi connectivity index (χ3n) is 4.02. The Bertz CT molecular complexity index is 268. The maximum absolute atomic E-state index is 11.8. The highest BCUT2D eigenvalue weighted by Gasteiger charge is 2.28. The molecule has 0 aliphatic carbocycles. The average molecular weight is 255 g/mol. The summed E-state index contributed by atoms with van der Waals surface area (Å²) in [6, 6.07) is 0.398. The molecule has 3 N–H and O–H groups in total. The minimum absolute atomic E-state index is 0.117. The zero-order valence-corrected chi connectivity index (χ0v) is 12.3. The van der Waals surface area contributed by atoms with Crippen LogP contribution in [0.25, 0.3) is 0 Å². The van der Waals surface area contributed by atoms with Crippen molar-refractivity contribution in [2.75, 3.05) is 19.6 Å². The molecule has 1 amide bonds. The van der Waals surface area contributed by atoms with Gasteiger partial charge in [-0.05, 0) is 38.6 Å². The summed E-state index contributed by atoms with van der Waals surface area (Å²) in [5.41, 5.74) is 5.84. The summed E-state index contributed by atoms with van der Waals surface area (Å²) in [5, 5.41) is 2.95. The lowest BCUT2D eigenvalue weighted by molar-refractivity contribution is -0.123. The van der Waals surface area contributed by atoms with Gasteiger partial charge in [0.15, 0.2) is 0 Å². The third kappa shape index (κ3) is 4.58. The summed E-state index contributed by atoms with van der Waals surface area (Å²) in [6.07, 6.45) is 1.74. The number of hydrogen-bond acceptors (Lipinski definition) is 3. The van der Waals surface area contributed by atoms with Gasteiger partial charge in [-0.15, -0.1) is 0 Å². The molecule has 4 nitrogen and oxygen atoms in total. The van der Waals surface area contributed by atoms with Crippen molar-refractivity contribution in [1.82, 2.24) is 10.2 Å². The second kappa shape index (κ2) is 7.10. The predicted octanol–water partition coefficient (Wildman–Crippen LogP) is 1.21. The Morgan fingerprint density at radius 3 is 2.56 bits per heavy atom. The highest BCUT2D eigenvalue weighted by molar-refractivity contribution is 5.76. The third-order valence-corrected chi connectivity index (χ3v) is 4.02. The van der Waals surface area contributed by atoms with E-state index in [4.69, 9.17) is 5.73 Å². The van der Waals surface area contributed by atoms with Gasteiger partial charge in [0.1, 0.15) is 0 Å². The van der Waals surface area contributed by atoms with Crippen LogP contribution in [0.15, 0.2) is 0 Å². The fourth-order valence-electron chi connectivity index (χ4n) is 2.58. The Morgan fingerprint density at radius 2 is 2.06 bits per heavy atom. The van der Waals surface area contributed by atoms with Crippen LogP contribution in [0.5, 0.6) is 0 Å². The van der Waals surface area contributed by atoms with Gasteiger partial charge < -0.3 is 11.1 Å². The molecule has 0 bridgehead atoms. The lowest BCUT2D eigenvalue weighted by atomic mass is 9.87. The molecule has 1 heterocycles. The first kappa shape index (κ1) is 15.4. The number of piperidine rings is 1. The van der Waals surface area contributed by atoms with Gasteiger partial charge in [0.05, 0.1) is 0 Å². The molecule has 0 aromatic heterocycles. The van der Waals surface area contributed by atoms with Gasteiger partial charge in [0.25, 0.3) is 0 Å². The van der Waals surface area contributed by atoms with Gasteiger partial charge in [-0.3, -0.25) is 9.69 Å². The molecule has 1 saturated heterocycles. The minimum Gasteiger partial charge on any atom is -0.354 e. The Balaban J connectivity index is 2.48. The normalized spacial score (nSPS) is 27.2. The maximum atomic E-state index is 11.8. The Kier molecular flexibility index (Phi) is 6.09. The molecule has 3 atom stereocenters.